The van der Waals surface area contributed by atoms with E-state index < -0.39 is 11.9 Å². The Hall–Kier alpha value is -0.900. The molecule has 106 valence electrons. The standard InChI is InChI=1S/C16H15BrClFO/c1-9-5-12(6-10(2)16(9)17)15(20)8-11-3-4-13(18)14(19)7-11/h3-7,15,20H,8H2,1-2H3. The summed E-state index contributed by atoms with van der Waals surface area (Å²) < 4.78 is 14.4. The Labute approximate surface area is 131 Å². The number of aliphatic hydroxyl groups is 1. The van der Waals surface area contributed by atoms with E-state index >= 15 is 0 Å². The van der Waals surface area contributed by atoms with Gasteiger partial charge in [-0.25, -0.2) is 4.39 Å². The Morgan fingerprint density at radius 1 is 1.20 bits per heavy atom. The van der Waals surface area contributed by atoms with Gasteiger partial charge in [-0.3, -0.25) is 0 Å². The summed E-state index contributed by atoms with van der Waals surface area (Å²) in [4.78, 5) is 0. The van der Waals surface area contributed by atoms with E-state index in [9.17, 15) is 9.50 Å². The molecule has 1 N–H and O–H groups in total. The van der Waals surface area contributed by atoms with Gasteiger partial charge in [-0.05, 0) is 48.2 Å². The molecule has 0 spiro atoms. The van der Waals surface area contributed by atoms with Gasteiger partial charge in [0.2, 0.25) is 0 Å². The second kappa shape index (κ2) is 6.25. The van der Waals surface area contributed by atoms with E-state index in [2.05, 4.69) is 15.9 Å². The number of benzene rings is 2. The zero-order chi connectivity index (χ0) is 14.9. The monoisotopic (exact) mass is 356 g/mol. The molecule has 20 heavy (non-hydrogen) atoms. The smallest absolute Gasteiger partial charge is 0.142 e. The molecule has 2 aromatic carbocycles. The van der Waals surface area contributed by atoms with Crippen LogP contribution in [0.3, 0.4) is 0 Å². The lowest BCUT2D eigenvalue weighted by atomic mass is 9.98. The maximum atomic E-state index is 13.4. The quantitative estimate of drug-likeness (QED) is 0.807. The van der Waals surface area contributed by atoms with Crippen molar-refractivity contribution in [3.63, 3.8) is 0 Å². The highest BCUT2D eigenvalue weighted by Gasteiger charge is 2.12. The van der Waals surface area contributed by atoms with Crippen molar-refractivity contribution >= 4 is 27.5 Å². The second-order valence-corrected chi connectivity index (χ2v) is 6.14. The maximum absolute atomic E-state index is 13.4. The molecule has 0 aliphatic carbocycles. The van der Waals surface area contributed by atoms with E-state index in [1.807, 2.05) is 26.0 Å². The third-order valence-electron chi connectivity index (χ3n) is 3.26. The van der Waals surface area contributed by atoms with Crippen molar-refractivity contribution in [2.24, 2.45) is 0 Å². The molecule has 0 saturated heterocycles. The number of aryl methyl sites for hydroxylation is 2. The second-order valence-electron chi connectivity index (χ2n) is 4.94. The van der Waals surface area contributed by atoms with E-state index in [0.717, 1.165) is 26.7 Å². The highest BCUT2D eigenvalue weighted by Crippen LogP contribution is 2.27. The summed E-state index contributed by atoms with van der Waals surface area (Å²) in [7, 11) is 0. The minimum atomic E-state index is -0.666. The molecule has 1 atom stereocenters. The molecule has 4 heteroatoms. The van der Waals surface area contributed by atoms with Crippen LogP contribution in [0.15, 0.2) is 34.8 Å². The highest BCUT2D eigenvalue weighted by molar-refractivity contribution is 9.10. The van der Waals surface area contributed by atoms with E-state index in [1.165, 1.54) is 12.1 Å². The summed E-state index contributed by atoms with van der Waals surface area (Å²) in [6.07, 6.45) is -0.310. The summed E-state index contributed by atoms with van der Waals surface area (Å²) in [5.74, 6) is -0.459. The average Bonchev–Trinajstić information content (AvgIpc) is 2.39. The van der Waals surface area contributed by atoms with Crippen LogP contribution in [0.25, 0.3) is 0 Å². The van der Waals surface area contributed by atoms with Crippen molar-refractivity contribution in [1.82, 2.24) is 0 Å². The van der Waals surface area contributed by atoms with Crippen LogP contribution in [0.4, 0.5) is 4.39 Å². The first kappa shape index (κ1) is 15.5. The lowest BCUT2D eigenvalue weighted by molar-refractivity contribution is 0.178. The lowest BCUT2D eigenvalue weighted by Crippen LogP contribution is -2.03. The summed E-state index contributed by atoms with van der Waals surface area (Å²) >= 11 is 9.15. The molecule has 0 aliphatic heterocycles. The van der Waals surface area contributed by atoms with Gasteiger partial charge in [0.05, 0.1) is 11.1 Å². The normalized spacial score (nSPS) is 12.5. The van der Waals surface area contributed by atoms with Gasteiger partial charge in [-0.15, -0.1) is 0 Å². The third-order valence-corrected chi connectivity index (χ3v) is 4.81. The van der Waals surface area contributed by atoms with E-state index in [0.29, 0.717) is 6.42 Å². The van der Waals surface area contributed by atoms with Crippen molar-refractivity contribution in [3.05, 3.63) is 67.9 Å². The summed E-state index contributed by atoms with van der Waals surface area (Å²) in [6, 6.07) is 8.48. The van der Waals surface area contributed by atoms with Crippen molar-refractivity contribution in [1.29, 1.82) is 0 Å². The fraction of sp³-hybridized carbons (Fsp3) is 0.250. The van der Waals surface area contributed by atoms with Crippen molar-refractivity contribution in [2.45, 2.75) is 26.4 Å². The molecule has 1 nitrogen and oxygen atoms in total. The van der Waals surface area contributed by atoms with Gasteiger partial charge in [-0.2, -0.15) is 0 Å². The number of rotatable bonds is 3. The average molecular weight is 358 g/mol. The Morgan fingerprint density at radius 2 is 1.80 bits per heavy atom. The van der Waals surface area contributed by atoms with Crippen LogP contribution in [-0.2, 0) is 6.42 Å². The molecular formula is C16H15BrClFO. The third kappa shape index (κ3) is 3.40. The fourth-order valence-corrected chi connectivity index (χ4v) is 2.53. The fourth-order valence-electron chi connectivity index (χ4n) is 2.18. The molecule has 0 radical (unpaired) electrons. The summed E-state index contributed by atoms with van der Waals surface area (Å²) in [5, 5.41) is 10.4. The van der Waals surface area contributed by atoms with Crippen LogP contribution in [0.5, 0.6) is 0 Å². The Morgan fingerprint density at radius 3 is 2.35 bits per heavy atom. The van der Waals surface area contributed by atoms with Gasteiger partial charge in [0.15, 0.2) is 0 Å². The zero-order valence-electron chi connectivity index (χ0n) is 11.3. The first-order valence-corrected chi connectivity index (χ1v) is 7.44. The topological polar surface area (TPSA) is 20.2 Å². The van der Waals surface area contributed by atoms with Crippen molar-refractivity contribution in [3.8, 4) is 0 Å². The molecule has 0 aromatic heterocycles. The van der Waals surface area contributed by atoms with Crippen molar-refractivity contribution in [2.75, 3.05) is 0 Å². The first-order valence-electron chi connectivity index (χ1n) is 6.27. The number of halogens is 3. The van der Waals surface area contributed by atoms with Gasteiger partial charge in [0, 0.05) is 10.9 Å². The Kier molecular flexibility index (Phi) is 4.84. The molecule has 2 aromatic rings. The molecule has 0 heterocycles. The predicted molar refractivity (Wildman–Crippen MR) is 83.7 cm³/mol. The molecule has 0 saturated carbocycles. The largest absolute Gasteiger partial charge is 0.388 e. The van der Waals surface area contributed by atoms with Crippen LogP contribution in [0.1, 0.15) is 28.4 Å². The SMILES string of the molecule is Cc1cc(C(O)Cc2ccc(Cl)c(F)c2)cc(C)c1Br. The van der Waals surface area contributed by atoms with Gasteiger partial charge in [0.1, 0.15) is 5.82 Å². The number of aliphatic hydroxyl groups excluding tert-OH is 1. The van der Waals surface area contributed by atoms with E-state index in [1.54, 1.807) is 6.07 Å². The Bertz CT molecular complexity index is 619. The molecule has 0 aliphatic rings. The molecule has 2 rings (SSSR count). The van der Waals surface area contributed by atoms with Crippen LogP contribution >= 0.6 is 27.5 Å². The van der Waals surface area contributed by atoms with E-state index in [4.69, 9.17) is 11.6 Å². The van der Waals surface area contributed by atoms with Crippen LogP contribution in [-0.4, -0.2) is 5.11 Å². The summed E-state index contributed by atoms with van der Waals surface area (Å²) in [6.45, 7) is 3.96. The first-order chi connectivity index (χ1) is 9.38. The van der Waals surface area contributed by atoms with Gasteiger partial charge in [-0.1, -0.05) is 45.7 Å². The minimum absolute atomic E-state index is 0.0959. The van der Waals surface area contributed by atoms with Crippen molar-refractivity contribution < 1.29 is 9.50 Å². The predicted octanol–water partition coefficient (Wildman–Crippen LogP) is 5.13. The van der Waals surface area contributed by atoms with Gasteiger partial charge in [0.25, 0.3) is 0 Å². The Balaban J connectivity index is 2.23. The molecule has 0 fully saturated rings. The number of hydrogen-bond donors (Lipinski definition) is 1. The number of hydrogen-bond acceptors (Lipinski definition) is 1. The molecular weight excluding hydrogens is 343 g/mol. The lowest BCUT2D eigenvalue weighted by Gasteiger charge is -2.14. The zero-order valence-corrected chi connectivity index (χ0v) is 13.6. The summed E-state index contributed by atoms with van der Waals surface area (Å²) in [5.41, 5.74) is 3.69. The maximum Gasteiger partial charge on any atom is 0.142 e. The highest BCUT2D eigenvalue weighted by atomic mass is 79.9. The molecule has 0 bridgehead atoms. The van der Waals surface area contributed by atoms with Crippen LogP contribution < -0.4 is 0 Å². The van der Waals surface area contributed by atoms with Crippen LogP contribution in [0, 0.1) is 19.7 Å². The minimum Gasteiger partial charge on any atom is -0.388 e. The van der Waals surface area contributed by atoms with E-state index in [-0.39, 0.29) is 5.02 Å². The molecule has 1 unspecified atom stereocenters. The van der Waals surface area contributed by atoms with Gasteiger partial charge >= 0.3 is 0 Å². The van der Waals surface area contributed by atoms with Gasteiger partial charge < -0.3 is 5.11 Å². The molecule has 0 amide bonds. The van der Waals surface area contributed by atoms with Crippen LogP contribution in [0.2, 0.25) is 5.02 Å².